The van der Waals surface area contributed by atoms with Crippen LogP contribution in [-0.4, -0.2) is 5.60 Å². The van der Waals surface area contributed by atoms with Gasteiger partial charge in [0.15, 0.2) is 0 Å². The van der Waals surface area contributed by atoms with E-state index in [1.807, 2.05) is 12.1 Å². The average molecular weight is 332 g/mol. The molecule has 1 nitrogen and oxygen atoms in total. The molecule has 0 fully saturated rings. The van der Waals surface area contributed by atoms with Crippen molar-refractivity contribution in [2.24, 2.45) is 0 Å². The second-order valence-corrected chi connectivity index (χ2v) is 6.15. The van der Waals surface area contributed by atoms with E-state index < -0.39 is 0 Å². The third-order valence-electron chi connectivity index (χ3n) is 2.52. The summed E-state index contributed by atoms with van der Waals surface area (Å²) in [4.78, 5) is 0. The molecule has 0 aliphatic heterocycles. The standard InChI is InChI=1S/C15H17O.2ClH.Ti/c1-15(2,3)16-14-11-7-6-10-13(14)12-8-4-5-9-12;;;/h4,6-8,10-11H,5H2,1-3H3;2*1H;/q;;;+2/p-2. The van der Waals surface area contributed by atoms with E-state index in [-0.39, 0.29) is 30.4 Å². The van der Waals surface area contributed by atoms with Crippen LogP contribution in [0.4, 0.5) is 0 Å². The van der Waals surface area contributed by atoms with E-state index in [1.165, 1.54) is 15.0 Å². The molecule has 1 aromatic carbocycles. The average Bonchev–Trinajstić information content (AvgIpc) is 2.63. The summed E-state index contributed by atoms with van der Waals surface area (Å²) in [5.41, 5.74) is 2.35. The largest absolute Gasteiger partial charge is 1.00 e. The fourth-order valence-electron chi connectivity index (χ4n) is 1.87. The molecule has 101 valence electrons. The molecule has 19 heavy (non-hydrogen) atoms. The summed E-state index contributed by atoms with van der Waals surface area (Å²) in [5, 5.41) is 0. The van der Waals surface area contributed by atoms with Crippen LogP contribution in [0.2, 0.25) is 0 Å². The molecule has 1 aromatic rings. The summed E-state index contributed by atoms with van der Waals surface area (Å²) >= 11 is 2.18. The first-order valence-electron chi connectivity index (χ1n) is 5.87. The van der Waals surface area contributed by atoms with E-state index in [4.69, 9.17) is 4.74 Å². The monoisotopic (exact) mass is 331 g/mol. The van der Waals surface area contributed by atoms with Crippen LogP contribution in [0.25, 0.3) is 5.57 Å². The van der Waals surface area contributed by atoms with E-state index >= 15 is 0 Å². The Hall–Kier alpha value is -0.206. The summed E-state index contributed by atoms with van der Waals surface area (Å²) in [5.74, 6) is 0.973. The number of halogens is 2. The molecular weight excluding hydrogens is 315 g/mol. The van der Waals surface area contributed by atoms with Crippen LogP contribution in [0, 0.1) is 0 Å². The predicted molar refractivity (Wildman–Crippen MR) is 67.5 cm³/mol. The zero-order valence-corrected chi connectivity index (χ0v) is 14.4. The first-order valence-corrected chi connectivity index (χ1v) is 6.65. The van der Waals surface area contributed by atoms with Crippen molar-refractivity contribution in [2.45, 2.75) is 32.8 Å². The molecular formula is C15H17Cl2OTi. The molecule has 0 saturated carbocycles. The van der Waals surface area contributed by atoms with Crippen molar-refractivity contribution in [3.8, 4) is 5.75 Å². The van der Waals surface area contributed by atoms with Crippen LogP contribution in [-0.2, 0) is 20.4 Å². The second-order valence-electron chi connectivity index (χ2n) is 5.21. The molecule has 4 heteroatoms. The van der Waals surface area contributed by atoms with Gasteiger partial charge >= 0.3 is 115 Å². The van der Waals surface area contributed by atoms with Gasteiger partial charge in [0.05, 0.1) is 0 Å². The van der Waals surface area contributed by atoms with Crippen molar-refractivity contribution in [1.29, 1.82) is 0 Å². The van der Waals surface area contributed by atoms with E-state index in [9.17, 15) is 0 Å². The molecule has 0 heterocycles. The zero-order chi connectivity index (χ0) is 12.5. The number of rotatable bonds is 2. The number of allylic oxidation sites excluding steroid dienone is 4. The minimum absolute atomic E-state index is 0. The zero-order valence-electron chi connectivity index (χ0n) is 11.3. The maximum Gasteiger partial charge on any atom is -1.00 e. The van der Waals surface area contributed by atoms with Gasteiger partial charge in [-0.1, -0.05) is 0 Å². The van der Waals surface area contributed by atoms with Gasteiger partial charge in [0.25, 0.3) is 0 Å². The molecule has 0 atom stereocenters. The van der Waals surface area contributed by atoms with Crippen molar-refractivity contribution >= 4 is 5.57 Å². The number of ether oxygens (including phenoxy) is 1. The van der Waals surface area contributed by atoms with Crippen molar-refractivity contribution in [1.82, 2.24) is 0 Å². The maximum absolute atomic E-state index is 6.03. The van der Waals surface area contributed by atoms with E-state index in [1.54, 1.807) is 0 Å². The summed E-state index contributed by atoms with van der Waals surface area (Å²) in [6, 6.07) is 8.28. The fourth-order valence-corrected chi connectivity index (χ4v) is 2.39. The van der Waals surface area contributed by atoms with Crippen LogP contribution in [0.1, 0.15) is 32.8 Å². The van der Waals surface area contributed by atoms with Gasteiger partial charge in [0, 0.05) is 0 Å². The van der Waals surface area contributed by atoms with Crippen molar-refractivity contribution in [3.63, 3.8) is 0 Å². The smallest absolute Gasteiger partial charge is 1.00 e. The van der Waals surface area contributed by atoms with Gasteiger partial charge in [-0.05, 0) is 0 Å². The van der Waals surface area contributed by atoms with E-state index in [0.717, 1.165) is 12.2 Å². The minimum atomic E-state index is -0.160. The number of benzene rings is 1. The van der Waals surface area contributed by atoms with E-state index in [2.05, 4.69) is 65.5 Å². The summed E-state index contributed by atoms with van der Waals surface area (Å²) in [6.45, 7) is 6.24. The summed E-state index contributed by atoms with van der Waals surface area (Å²) in [6.07, 6.45) is 5.46. The van der Waals surface area contributed by atoms with Crippen molar-refractivity contribution < 1.29 is 50.0 Å². The molecule has 0 amide bonds. The summed E-state index contributed by atoms with van der Waals surface area (Å²) < 4.78 is 7.44. The normalized spacial score (nSPS) is 13.9. The van der Waals surface area contributed by atoms with Crippen LogP contribution in [0.5, 0.6) is 5.75 Å². The Bertz CT molecular complexity index is 487. The molecule has 0 aromatic heterocycles. The third-order valence-corrected chi connectivity index (χ3v) is 3.26. The van der Waals surface area contributed by atoms with Gasteiger partial charge in [-0.25, -0.2) is 0 Å². The first-order chi connectivity index (χ1) is 7.97. The molecule has 0 N–H and O–H groups in total. The molecule has 2 rings (SSSR count). The third kappa shape index (κ3) is 5.00. The Kier molecular flexibility index (Phi) is 7.46. The number of hydrogen-bond donors (Lipinski definition) is 0. The quantitative estimate of drug-likeness (QED) is 0.575. The number of hydrogen-bond acceptors (Lipinski definition) is 1. The SMILES string of the molecule is CC(C)(C)Oc1ccccc1C1=[C]([Ti+2])CC=C1.[Cl-].[Cl-]. The molecule has 0 unspecified atom stereocenters. The molecule has 1 aliphatic carbocycles. The van der Waals surface area contributed by atoms with Gasteiger partial charge < -0.3 is 24.8 Å². The van der Waals surface area contributed by atoms with Gasteiger partial charge in [-0.2, -0.15) is 0 Å². The Morgan fingerprint density at radius 1 is 1.11 bits per heavy atom. The van der Waals surface area contributed by atoms with E-state index in [0.29, 0.717) is 0 Å². The van der Waals surface area contributed by atoms with Crippen LogP contribution < -0.4 is 29.6 Å². The van der Waals surface area contributed by atoms with Gasteiger partial charge in [0.1, 0.15) is 0 Å². The Morgan fingerprint density at radius 2 is 1.74 bits per heavy atom. The molecule has 0 saturated heterocycles. The van der Waals surface area contributed by atoms with Crippen molar-refractivity contribution in [3.05, 3.63) is 45.9 Å². The Balaban J connectivity index is 0.00000162. The first kappa shape index (κ1) is 18.8. The van der Waals surface area contributed by atoms with Gasteiger partial charge in [-0.15, -0.1) is 0 Å². The maximum atomic E-state index is 6.03. The molecule has 0 bridgehead atoms. The second kappa shape index (κ2) is 7.54. The topological polar surface area (TPSA) is 9.23 Å². The Labute approximate surface area is 139 Å². The van der Waals surface area contributed by atoms with Crippen LogP contribution in [0.15, 0.2) is 40.3 Å². The molecule has 0 radical (unpaired) electrons. The Morgan fingerprint density at radius 3 is 2.26 bits per heavy atom. The van der Waals surface area contributed by atoms with Crippen LogP contribution in [0.3, 0.4) is 0 Å². The molecule has 0 spiro atoms. The van der Waals surface area contributed by atoms with Crippen molar-refractivity contribution in [2.75, 3.05) is 0 Å². The predicted octanol–water partition coefficient (Wildman–Crippen LogP) is -1.91. The number of para-hydroxylation sites is 1. The summed E-state index contributed by atoms with van der Waals surface area (Å²) in [7, 11) is 0. The minimum Gasteiger partial charge on any atom is -1.00 e. The van der Waals surface area contributed by atoms with Gasteiger partial charge in [0.2, 0.25) is 0 Å². The van der Waals surface area contributed by atoms with Gasteiger partial charge in [-0.3, -0.25) is 0 Å². The fraction of sp³-hybridized carbons (Fsp3) is 0.333. The molecule has 1 aliphatic rings. The van der Waals surface area contributed by atoms with Crippen LogP contribution >= 0.6 is 0 Å².